The lowest BCUT2D eigenvalue weighted by molar-refractivity contribution is 0.280. The molecule has 18 heavy (non-hydrogen) atoms. The van der Waals surface area contributed by atoms with Crippen molar-refractivity contribution in [3.63, 3.8) is 0 Å². The Labute approximate surface area is 112 Å². The molecule has 4 heteroatoms. The molecule has 0 aliphatic carbocycles. The van der Waals surface area contributed by atoms with E-state index in [-0.39, 0.29) is 12.4 Å². The van der Waals surface area contributed by atoms with Crippen molar-refractivity contribution in [2.45, 2.75) is 6.54 Å². The summed E-state index contributed by atoms with van der Waals surface area (Å²) >= 11 is 3.43. The second-order valence-corrected chi connectivity index (χ2v) is 5.11. The first-order chi connectivity index (χ1) is 8.70. The SMILES string of the molecule is OCCn1c2ccc(F)cc2c2cc(Br)ccc21. The third-order valence-corrected chi connectivity index (χ3v) is 3.61. The van der Waals surface area contributed by atoms with Gasteiger partial charge in [-0.15, -0.1) is 0 Å². The summed E-state index contributed by atoms with van der Waals surface area (Å²) < 4.78 is 16.4. The number of aliphatic hydroxyl groups excluding tert-OH is 1. The van der Waals surface area contributed by atoms with Gasteiger partial charge in [0, 0.05) is 32.8 Å². The lowest BCUT2D eigenvalue weighted by Crippen LogP contribution is -2.01. The lowest BCUT2D eigenvalue weighted by Gasteiger charge is -2.04. The molecule has 0 saturated carbocycles. The molecule has 1 N–H and O–H groups in total. The van der Waals surface area contributed by atoms with Crippen LogP contribution in [0.5, 0.6) is 0 Å². The molecule has 3 aromatic rings. The molecule has 0 aliphatic heterocycles. The largest absolute Gasteiger partial charge is 0.395 e. The van der Waals surface area contributed by atoms with E-state index in [4.69, 9.17) is 5.11 Å². The summed E-state index contributed by atoms with van der Waals surface area (Å²) in [5.41, 5.74) is 1.95. The van der Waals surface area contributed by atoms with Gasteiger partial charge < -0.3 is 9.67 Å². The average molecular weight is 308 g/mol. The molecule has 0 fully saturated rings. The Morgan fingerprint density at radius 3 is 2.44 bits per heavy atom. The van der Waals surface area contributed by atoms with Crippen LogP contribution in [0.25, 0.3) is 21.8 Å². The molecule has 0 radical (unpaired) electrons. The topological polar surface area (TPSA) is 25.2 Å². The second-order valence-electron chi connectivity index (χ2n) is 4.20. The van der Waals surface area contributed by atoms with Gasteiger partial charge in [0.05, 0.1) is 6.61 Å². The standard InChI is InChI=1S/C14H11BrFNO/c15-9-1-3-13-11(7-9)12-8-10(16)2-4-14(12)17(13)5-6-18/h1-4,7-8,18H,5-6H2. The third kappa shape index (κ3) is 1.72. The van der Waals surface area contributed by atoms with Crippen LogP contribution < -0.4 is 0 Å². The Morgan fingerprint density at radius 2 is 1.72 bits per heavy atom. The summed E-state index contributed by atoms with van der Waals surface area (Å²) in [5, 5.41) is 11.0. The van der Waals surface area contributed by atoms with Gasteiger partial charge in [-0.25, -0.2) is 4.39 Å². The molecule has 0 unspecified atom stereocenters. The molecule has 2 nitrogen and oxygen atoms in total. The van der Waals surface area contributed by atoms with Gasteiger partial charge in [0.25, 0.3) is 0 Å². The first-order valence-corrected chi connectivity index (χ1v) is 6.48. The number of hydrogen-bond donors (Lipinski definition) is 1. The molecule has 0 bridgehead atoms. The number of benzene rings is 2. The molecule has 0 spiro atoms. The maximum Gasteiger partial charge on any atom is 0.123 e. The predicted octanol–water partition coefficient (Wildman–Crippen LogP) is 3.69. The summed E-state index contributed by atoms with van der Waals surface area (Å²) in [6.45, 7) is 0.569. The Hall–Kier alpha value is -1.39. The van der Waals surface area contributed by atoms with Crippen LogP contribution in [0.2, 0.25) is 0 Å². The van der Waals surface area contributed by atoms with Crippen molar-refractivity contribution in [1.82, 2.24) is 4.57 Å². The van der Waals surface area contributed by atoms with Crippen molar-refractivity contribution in [2.24, 2.45) is 0 Å². The van der Waals surface area contributed by atoms with Crippen LogP contribution in [0.1, 0.15) is 0 Å². The van der Waals surface area contributed by atoms with Crippen LogP contribution in [0.4, 0.5) is 4.39 Å². The van der Waals surface area contributed by atoms with Gasteiger partial charge in [0.2, 0.25) is 0 Å². The monoisotopic (exact) mass is 307 g/mol. The molecule has 1 aromatic heterocycles. The highest BCUT2D eigenvalue weighted by Crippen LogP contribution is 2.31. The van der Waals surface area contributed by atoms with Crippen LogP contribution in [-0.2, 0) is 6.54 Å². The number of aliphatic hydroxyl groups is 1. The molecule has 2 aromatic carbocycles. The van der Waals surface area contributed by atoms with Gasteiger partial charge in [0.15, 0.2) is 0 Å². The summed E-state index contributed by atoms with van der Waals surface area (Å²) in [5.74, 6) is -0.245. The van der Waals surface area contributed by atoms with E-state index in [9.17, 15) is 4.39 Å². The van der Waals surface area contributed by atoms with Gasteiger partial charge in [0.1, 0.15) is 5.82 Å². The Bertz CT molecular complexity index is 676. The van der Waals surface area contributed by atoms with Crippen LogP contribution in [-0.4, -0.2) is 16.3 Å². The van der Waals surface area contributed by atoms with E-state index in [2.05, 4.69) is 15.9 Å². The number of aromatic nitrogens is 1. The van der Waals surface area contributed by atoms with E-state index >= 15 is 0 Å². The van der Waals surface area contributed by atoms with Crippen molar-refractivity contribution in [1.29, 1.82) is 0 Å². The highest BCUT2D eigenvalue weighted by Gasteiger charge is 2.11. The highest BCUT2D eigenvalue weighted by molar-refractivity contribution is 9.10. The summed E-state index contributed by atoms with van der Waals surface area (Å²) in [4.78, 5) is 0. The minimum absolute atomic E-state index is 0.0618. The second kappa shape index (κ2) is 4.37. The predicted molar refractivity (Wildman–Crippen MR) is 74.2 cm³/mol. The maximum atomic E-state index is 13.4. The van der Waals surface area contributed by atoms with Crippen LogP contribution in [0.3, 0.4) is 0 Å². The maximum absolute atomic E-state index is 13.4. The molecule has 0 saturated heterocycles. The molecule has 0 atom stereocenters. The fourth-order valence-electron chi connectivity index (χ4n) is 2.39. The van der Waals surface area contributed by atoms with Crippen LogP contribution in [0.15, 0.2) is 40.9 Å². The zero-order chi connectivity index (χ0) is 12.7. The first kappa shape index (κ1) is 11.7. The van der Waals surface area contributed by atoms with Crippen LogP contribution >= 0.6 is 15.9 Å². The van der Waals surface area contributed by atoms with E-state index in [1.165, 1.54) is 12.1 Å². The van der Waals surface area contributed by atoms with Crippen molar-refractivity contribution >= 4 is 37.7 Å². The van der Waals surface area contributed by atoms with Crippen molar-refractivity contribution in [3.8, 4) is 0 Å². The van der Waals surface area contributed by atoms with Crippen molar-refractivity contribution in [2.75, 3.05) is 6.61 Å². The van der Waals surface area contributed by atoms with E-state index < -0.39 is 0 Å². The molecule has 0 amide bonds. The van der Waals surface area contributed by atoms with E-state index in [1.807, 2.05) is 22.8 Å². The normalized spacial score (nSPS) is 11.5. The number of halogens is 2. The van der Waals surface area contributed by atoms with Gasteiger partial charge in [-0.1, -0.05) is 15.9 Å². The zero-order valence-electron chi connectivity index (χ0n) is 9.53. The van der Waals surface area contributed by atoms with E-state index in [1.54, 1.807) is 6.07 Å². The van der Waals surface area contributed by atoms with Gasteiger partial charge >= 0.3 is 0 Å². The van der Waals surface area contributed by atoms with Crippen molar-refractivity contribution < 1.29 is 9.50 Å². The first-order valence-electron chi connectivity index (χ1n) is 5.68. The summed E-state index contributed by atoms with van der Waals surface area (Å²) in [6, 6.07) is 10.7. The molecule has 92 valence electrons. The number of rotatable bonds is 2. The van der Waals surface area contributed by atoms with Gasteiger partial charge in [-0.05, 0) is 36.4 Å². The number of hydrogen-bond acceptors (Lipinski definition) is 1. The van der Waals surface area contributed by atoms with E-state index in [0.717, 1.165) is 26.3 Å². The quantitative estimate of drug-likeness (QED) is 0.767. The summed E-state index contributed by atoms with van der Waals surface area (Å²) in [6.07, 6.45) is 0. The molecule has 1 heterocycles. The molecular formula is C14H11BrFNO. The smallest absolute Gasteiger partial charge is 0.123 e. The molecule has 0 aliphatic rings. The van der Waals surface area contributed by atoms with Gasteiger partial charge in [-0.2, -0.15) is 0 Å². The van der Waals surface area contributed by atoms with Crippen LogP contribution in [0, 0.1) is 5.82 Å². The Kier molecular flexibility index (Phi) is 2.84. The summed E-state index contributed by atoms with van der Waals surface area (Å²) in [7, 11) is 0. The Morgan fingerprint density at radius 1 is 1.06 bits per heavy atom. The minimum atomic E-state index is -0.245. The lowest BCUT2D eigenvalue weighted by atomic mass is 10.1. The van der Waals surface area contributed by atoms with Crippen molar-refractivity contribution in [3.05, 3.63) is 46.7 Å². The fraction of sp³-hybridized carbons (Fsp3) is 0.143. The third-order valence-electron chi connectivity index (χ3n) is 3.11. The average Bonchev–Trinajstić information content (AvgIpc) is 2.64. The number of fused-ring (bicyclic) bond motifs is 3. The number of nitrogens with zero attached hydrogens (tertiary/aromatic N) is 1. The molecular weight excluding hydrogens is 297 g/mol. The highest BCUT2D eigenvalue weighted by atomic mass is 79.9. The Balaban J connectivity index is 2.48. The minimum Gasteiger partial charge on any atom is -0.395 e. The molecule has 3 rings (SSSR count). The van der Waals surface area contributed by atoms with E-state index in [0.29, 0.717) is 6.54 Å². The fourth-order valence-corrected chi connectivity index (χ4v) is 2.75. The zero-order valence-corrected chi connectivity index (χ0v) is 11.1. The van der Waals surface area contributed by atoms with Gasteiger partial charge in [-0.3, -0.25) is 0 Å².